The number of hydrogen-bond acceptors (Lipinski definition) is 4. The molecule has 0 spiro atoms. The molecule has 2 atom stereocenters. The smallest absolute Gasteiger partial charge is 0.124 e. The first-order valence-corrected chi connectivity index (χ1v) is 8.39. The standard InChI is InChI=1S/C17H24N2OS/c1-5-14-11-18-17(21-14)13(4)19-12(3)15-9-7-8-10-16(15)20-6-2/h7-13,19H,5-6H2,1-4H3. The summed E-state index contributed by atoms with van der Waals surface area (Å²) in [5, 5.41) is 4.76. The van der Waals surface area contributed by atoms with Crippen LogP contribution in [-0.4, -0.2) is 11.6 Å². The molecule has 114 valence electrons. The maximum Gasteiger partial charge on any atom is 0.124 e. The van der Waals surface area contributed by atoms with E-state index in [1.807, 2.05) is 25.3 Å². The van der Waals surface area contributed by atoms with E-state index in [4.69, 9.17) is 4.74 Å². The first-order chi connectivity index (χ1) is 10.2. The molecule has 0 aliphatic carbocycles. The minimum absolute atomic E-state index is 0.219. The summed E-state index contributed by atoms with van der Waals surface area (Å²) in [5.74, 6) is 0.959. The number of benzene rings is 1. The fourth-order valence-corrected chi connectivity index (χ4v) is 3.22. The summed E-state index contributed by atoms with van der Waals surface area (Å²) in [5.41, 5.74) is 1.19. The van der Waals surface area contributed by atoms with Crippen molar-refractivity contribution in [2.75, 3.05) is 6.61 Å². The number of rotatable bonds is 7. The highest BCUT2D eigenvalue weighted by molar-refractivity contribution is 7.11. The van der Waals surface area contributed by atoms with Crippen molar-refractivity contribution in [1.82, 2.24) is 10.3 Å². The fourth-order valence-electron chi connectivity index (χ4n) is 2.35. The lowest BCUT2D eigenvalue weighted by Crippen LogP contribution is -2.22. The largest absolute Gasteiger partial charge is 0.494 e. The summed E-state index contributed by atoms with van der Waals surface area (Å²) in [6, 6.07) is 8.67. The summed E-state index contributed by atoms with van der Waals surface area (Å²) >= 11 is 1.79. The third kappa shape index (κ3) is 4.05. The van der Waals surface area contributed by atoms with Crippen LogP contribution >= 0.6 is 11.3 Å². The number of ether oxygens (including phenoxy) is 1. The Balaban J connectivity index is 2.08. The molecule has 0 aliphatic rings. The lowest BCUT2D eigenvalue weighted by molar-refractivity contribution is 0.331. The van der Waals surface area contributed by atoms with Crippen LogP contribution < -0.4 is 10.1 Å². The Morgan fingerprint density at radius 1 is 1.19 bits per heavy atom. The Labute approximate surface area is 131 Å². The van der Waals surface area contributed by atoms with Gasteiger partial charge in [0.15, 0.2) is 0 Å². The number of hydrogen-bond donors (Lipinski definition) is 1. The molecule has 0 saturated heterocycles. The van der Waals surface area contributed by atoms with Gasteiger partial charge < -0.3 is 10.1 Å². The molecule has 2 unspecified atom stereocenters. The van der Waals surface area contributed by atoms with Gasteiger partial charge in [-0.1, -0.05) is 25.1 Å². The van der Waals surface area contributed by atoms with E-state index in [2.05, 4.69) is 43.2 Å². The van der Waals surface area contributed by atoms with Crippen LogP contribution in [0.1, 0.15) is 55.2 Å². The molecule has 0 amide bonds. The molecule has 3 nitrogen and oxygen atoms in total. The normalized spacial score (nSPS) is 13.9. The summed E-state index contributed by atoms with van der Waals surface area (Å²) in [6.07, 6.45) is 3.03. The lowest BCUT2D eigenvalue weighted by atomic mass is 10.1. The zero-order valence-electron chi connectivity index (χ0n) is 13.2. The zero-order valence-corrected chi connectivity index (χ0v) is 14.0. The van der Waals surface area contributed by atoms with E-state index < -0.39 is 0 Å². The van der Waals surface area contributed by atoms with E-state index in [1.165, 1.54) is 10.4 Å². The predicted octanol–water partition coefficient (Wildman–Crippen LogP) is 4.52. The summed E-state index contributed by atoms with van der Waals surface area (Å²) in [7, 11) is 0. The van der Waals surface area contributed by atoms with Crippen molar-refractivity contribution in [2.24, 2.45) is 0 Å². The summed E-state index contributed by atoms with van der Waals surface area (Å²) in [4.78, 5) is 5.85. The molecule has 0 saturated carbocycles. The molecule has 0 radical (unpaired) electrons. The van der Waals surface area contributed by atoms with E-state index in [-0.39, 0.29) is 12.1 Å². The Hall–Kier alpha value is -1.39. The number of nitrogens with zero attached hydrogens (tertiary/aromatic N) is 1. The van der Waals surface area contributed by atoms with Crippen LogP contribution in [0.5, 0.6) is 5.75 Å². The number of aromatic nitrogens is 1. The molecule has 21 heavy (non-hydrogen) atoms. The predicted molar refractivity (Wildman–Crippen MR) is 89.1 cm³/mol. The van der Waals surface area contributed by atoms with Crippen LogP contribution in [0.15, 0.2) is 30.5 Å². The molecule has 2 rings (SSSR count). The molecule has 0 aliphatic heterocycles. The van der Waals surface area contributed by atoms with Crippen LogP contribution in [0.4, 0.5) is 0 Å². The maximum absolute atomic E-state index is 5.71. The van der Waals surface area contributed by atoms with E-state index in [0.717, 1.165) is 17.2 Å². The van der Waals surface area contributed by atoms with Crippen molar-refractivity contribution < 1.29 is 4.74 Å². The molecule has 1 aromatic carbocycles. The first kappa shape index (κ1) is 16.0. The second-order valence-corrected chi connectivity index (χ2v) is 6.25. The van der Waals surface area contributed by atoms with Gasteiger partial charge in [-0.2, -0.15) is 0 Å². The van der Waals surface area contributed by atoms with Crippen LogP contribution in [0, 0.1) is 0 Å². The van der Waals surface area contributed by atoms with Crippen LogP contribution in [0.3, 0.4) is 0 Å². The van der Waals surface area contributed by atoms with E-state index in [9.17, 15) is 0 Å². The molecular weight excluding hydrogens is 280 g/mol. The summed E-state index contributed by atoms with van der Waals surface area (Å²) in [6.45, 7) is 9.20. The summed E-state index contributed by atoms with van der Waals surface area (Å²) < 4.78 is 5.71. The van der Waals surface area contributed by atoms with Crippen molar-refractivity contribution >= 4 is 11.3 Å². The monoisotopic (exact) mass is 304 g/mol. The number of nitrogens with one attached hydrogen (secondary N) is 1. The van der Waals surface area contributed by atoms with Gasteiger partial charge in [-0.3, -0.25) is 0 Å². The van der Waals surface area contributed by atoms with E-state index in [1.54, 1.807) is 11.3 Å². The highest BCUT2D eigenvalue weighted by Crippen LogP contribution is 2.28. The lowest BCUT2D eigenvalue weighted by Gasteiger charge is -2.21. The van der Waals surface area contributed by atoms with Crippen LogP contribution in [0.2, 0.25) is 0 Å². The molecule has 0 fully saturated rings. The van der Waals surface area contributed by atoms with Gasteiger partial charge in [-0.05, 0) is 33.3 Å². The van der Waals surface area contributed by atoms with Gasteiger partial charge in [0.1, 0.15) is 10.8 Å². The molecular formula is C17H24N2OS. The Morgan fingerprint density at radius 2 is 1.95 bits per heavy atom. The second kappa shape index (κ2) is 7.57. The van der Waals surface area contributed by atoms with Crippen molar-refractivity contribution in [3.05, 3.63) is 45.9 Å². The average Bonchev–Trinajstić information content (AvgIpc) is 2.97. The number of para-hydroxylation sites is 1. The Kier molecular flexibility index (Phi) is 5.76. The van der Waals surface area contributed by atoms with Crippen molar-refractivity contribution in [3.63, 3.8) is 0 Å². The van der Waals surface area contributed by atoms with Crippen LogP contribution in [-0.2, 0) is 6.42 Å². The number of aryl methyl sites for hydroxylation is 1. The molecule has 1 N–H and O–H groups in total. The fraction of sp³-hybridized carbons (Fsp3) is 0.471. The molecule has 4 heteroatoms. The molecule has 1 heterocycles. The molecule has 0 bridgehead atoms. The van der Waals surface area contributed by atoms with E-state index >= 15 is 0 Å². The molecule has 2 aromatic rings. The topological polar surface area (TPSA) is 34.1 Å². The molecule has 1 aromatic heterocycles. The van der Waals surface area contributed by atoms with E-state index in [0.29, 0.717) is 6.61 Å². The Bertz CT molecular complexity index is 567. The highest BCUT2D eigenvalue weighted by Gasteiger charge is 2.16. The van der Waals surface area contributed by atoms with Crippen molar-refractivity contribution in [2.45, 2.75) is 46.2 Å². The van der Waals surface area contributed by atoms with Gasteiger partial charge in [-0.15, -0.1) is 11.3 Å². The second-order valence-electron chi connectivity index (χ2n) is 5.10. The number of thiazole rings is 1. The van der Waals surface area contributed by atoms with Gasteiger partial charge >= 0.3 is 0 Å². The maximum atomic E-state index is 5.71. The zero-order chi connectivity index (χ0) is 15.2. The highest BCUT2D eigenvalue weighted by atomic mass is 32.1. The van der Waals surface area contributed by atoms with Crippen molar-refractivity contribution in [1.29, 1.82) is 0 Å². The van der Waals surface area contributed by atoms with Gasteiger partial charge in [0.05, 0.1) is 12.6 Å². The quantitative estimate of drug-likeness (QED) is 0.817. The van der Waals surface area contributed by atoms with Gasteiger partial charge in [0, 0.05) is 22.7 Å². The first-order valence-electron chi connectivity index (χ1n) is 7.58. The van der Waals surface area contributed by atoms with Gasteiger partial charge in [0.2, 0.25) is 0 Å². The van der Waals surface area contributed by atoms with Gasteiger partial charge in [-0.25, -0.2) is 4.98 Å². The average molecular weight is 304 g/mol. The third-order valence-corrected chi connectivity index (χ3v) is 4.80. The third-order valence-electron chi connectivity index (χ3n) is 3.48. The van der Waals surface area contributed by atoms with Gasteiger partial charge in [0.25, 0.3) is 0 Å². The Morgan fingerprint density at radius 3 is 2.62 bits per heavy atom. The minimum atomic E-state index is 0.219. The van der Waals surface area contributed by atoms with Crippen molar-refractivity contribution in [3.8, 4) is 5.75 Å². The minimum Gasteiger partial charge on any atom is -0.494 e. The van der Waals surface area contributed by atoms with Crippen LogP contribution in [0.25, 0.3) is 0 Å². The SMILES string of the molecule is CCOc1ccccc1C(C)NC(C)c1ncc(CC)s1.